The Morgan fingerprint density at radius 1 is 1.40 bits per heavy atom. The van der Waals surface area contributed by atoms with Gasteiger partial charge in [-0.25, -0.2) is 9.67 Å². The first-order chi connectivity index (χ1) is 9.58. The van der Waals surface area contributed by atoms with Crippen molar-refractivity contribution in [1.82, 2.24) is 25.0 Å². The molecule has 2 rings (SSSR count). The third kappa shape index (κ3) is 4.01. The first-order valence-electron chi connectivity index (χ1n) is 7.51. The van der Waals surface area contributed by atoms with Crippen LogP contribution in [-0.2, 0) is 11.3 Å². The molecule has 0 radical (unpaired) electrons. The zero-order valence-corrected chi connectivity index (χ0v) is 13.0. The zero-order chi connectivity index (χ0) is 14.5. The first kappa shape index (κ1) is 15.4. The van der Waals surface area contributed by atoms with Crippen LogP contribution in [0.2, 0.25) is 0 Å². The molecule has 20 heavy (non-hydrogen) atoms. The van der Waals surface area contributed by atoms with Crippen molar-refractivity contribution < 1.29 is 4.74 Å². The van der Waals surface area contributed by atoms with Crippen LogP contribution in [-0.4, -0.2) is 58.1 Å². The summed E-state index contributed by atoms with van der Waals surface area (Å²) in [4.78, 5) is 6.86. The number of hydrogen-bond donors (Lipinski definition) is 1. The number of morpholine rings is 1. The van der Waals surface area contributed by atoms with E-state index in [4.69, 9.17) is 4.74 Å². The molecule has 1 aliphatic heterocycles. The highest BCUT2D eigenvalue weighted by atomic mass is 16.5. The van der Waals surface area contributed by atoms with Crippen LogP contribution in [0.4, 0.5) is 0 Å². The van der Waals surface area contributed by atoms with Gasteiger partial charge < -0.3 is 10.1 Å². The summed E-state index contributed by atoms with van der Waals surface area (Å²) in [7, 11) is 0. The molecule has 0 aromatic carbocycles. The van der Waals surface area contributed by atoms with Crippen molar-refractivity contribution in [1.29, 1.82) is 0 Å². The van der Waals surface area contributed by atoms with E-state index in [0.717, 1.165) is 38.7 Å². The molecular formula is C14H27N5O. The standard InChI is InChI=1S/C14H27N5O/c1-11(2)15-7-13-9-20-6-5-18(13)8-14-16-10-17-19(14)12(3)4/h10-13,15H,5-9H2,1-4H3. The van der Waals surface area contributed by atoms with Gasteiger partial charge in [0.25, 0.3) is 0 Å². The molecule has 0 amide bonds. The van der Waals surface area contributed by atoms with E-state index in [1.165, 1.54) is 0 Å². The van der Waals surface area contributed by atoms with Crippen LogP contribution >= 0.6 is 0 Å². The smallest absolute Gasteiger partial charge is 0.141 e. The highest BCUT2D eigenvalue weighted by molar-refractivity contribution is 4.90. The summed E-state index contributed by atoms with van der Waals surface area (Å²) in [6, 6.07) is 1.25. The van der Waals surface area contributed by atoms with E-state index < -0.39 is 0 Å². The fraction of sp³-hybridized carbons (Fsp3) is 0.857. The van der Waals surface area contributed by atoms with Crippen molar-refractivity contribution in [3.63, 3.8) is 0 Å². The molecule has 114 valence electrons. The third-order valence-electron chi connectivity index (χ3n) is 3.59. The molecule has 0 bridgehead atoms. The maximum absolute atomic E-state index is 5.62. The van der Waals surface area contributed by atoms with Crippen molar-refractivity contribution in [2.45, 2.75) is 52.4 Å². The molecule has 1 aromatic rings. The Balaban J connectivity index is 1.99. The van der Waals surface area contributed by atoms with Crippen molar-refractivity contribution in [2.75, 3.05) is 26.3 Å². The van der Waals surface area contributed by atoms with Gasteiger partial charge in [-0.05, 0) is 13.8 Å². The lowest BCUT2D eigenvalue weighted by Crippen LogP contribution is -2.51. The Bertz CT molecular complexity index is 404. The van der Waals surface area contributed by atoms with Crippen LogP contribution in [0.5, 0.6) is 0 Å². The lowest BCUT2D eigenvalue weighted by Gasteiger charge is -2.35. The summed E-state index contributed by atoms with van der Waals surface area (Å²) < 4.78 is 7.62. The molecule has 1 N–H and O–H groups in total. The van der Waals surface area contributed by atoms with Gasteiger partial charge in [0.15, 0.2) is 0 Å². The molecular weight excluding hydrogens is 254 g/mol. The van der Waals surface area contributed by atoms with Crippen LogP contribution in [0.1, 0.15) is 39.6 Å². The summed E-state index contributed by atoms with van der Waals surface area (Å²) in [5.74, 6) is 1.04. The Hall–Kier alpha value is -0.980. The Morgan fingerprint density at radius 2 is 2.20 bits per heavy atom. The Labute approximate surface area is 121 Å². The van der Waals surface area contributed by atoms with Crippen LogP contribution in [0.25, 0.3) is 0 Å². The van der Waals surface area contributed by atoms with E-state index in [1.54, 1.807) is 6.33 Å². The van der Waals surface area contributed by atoms with Gasteiger partial charge in [-0.15, -0.1) is 0 Å². The van der Waals surface area contributed by atoms with E-state index in [0.29, 0.717) is 18.1 Å². The average Bonchev–Trinajstić information content (AvgIpc) is 2.86. The van der Waals surface area contributed by atoms with E-state index in [-0.39, 0.29) is 0 Å². The minimum Gasteiger partial charge on any atom is -0.378 e. The molecule has 1 saturated heterocycles. The predicted octanol–water partition coefficient (Wildman–Crippen LogP) is 1.06. The van der Waals surface area contributed by atoms with Gasteiger partial charge in [0.2, 0.25) is 0 Å². The lowest BCUT2D eigenvalue weighted by molar-refractivity contribution is -0.0132. The van der Waals surface area contributed by atoms with Gasteiger partial charge in [0.05, 0.1) is 19.8 Å². The maximum atomic E-state index is 5.62. The number of hydrogen-bond acceptors (Lipinski definition) is 5. The largest absolute Gasteiger partial charge is 0.378 e. The van der Waals surface area contributed by atoms with E-state index >= 15 is 0 Å². The Morgan fingerprint density at radius 3 is 2.90 bits per heavy atom. The molecule has 1 fully saturated rings. The van der Waals surface area contributed by atoms with Crippen molar-refractivity contribution in [3.05, 3.63) is 12.2 Å². The number of rotatable bonds is 6. The van der Waals surface area contributed by atoms with Gasteiger partial charge in [-0.2, -0.15) is 5.10 Å². The normalized spacial score (nSPS) is 21.0. The van der Waals surface area contributed by atoms with Crippen LogP contribution in [0.15, 0.2) is 6.33 Å². The second-order valence-electron chi connectivity index (χ2n) is 5.98. The molecule has 1 atom stereocenters. The zero-order valence-electron chi connectivity index (χ0n) is 13.0. The number of nitrogens with zero attached hydrogens (tertiary/aromatic N) is 4. The third-order valence-corrected chi connectivity index (χ3v) is 3.59. The van der Waals surface area contributed by atoms with Gasteiger partial charge >= 0.3 is 0 Å². The van der Waals surface area contributed by atoms with Gasteiger partial charge in [0, 0.05) is 31.2 Å². The number of ether oxygens (including phenoxy) is 1. The van der Waals surface area contributed by atoms with Crippen LogP contribution in [0.3, 0.4) is 0 Å². The molecule has 0 saturated carbocycles. The molecule has 2 heterocycles. The molecule has 6 heteroatoms. The van der Waals surface area contributed by atoms with Crippen molar-refractivity contribution in [2.24, 2.45) is 0 Å². The molecule has 6 nitrogen and oxygen atoms in total. The van der Waals surface area contributed by atoms with Gasteiger partial charge in [-0.1, -0.05) is 13.8 Å². The minimum absolute atomic E-state index is 0.348. The van der Waals surface area contributed by atoms with E-state index in [1.807, 2.05) is 4.68 Å². The van der Waals surface area contributed by atoms with Crippen molar-refractivity contribution >= 4 is 0 Å². The quantitative estimate of drug-likeness (QED) is 0.845. The van der Waals surface area contributed by atoms with Gasteiger partial charge in [-0.3, -0.25) is 4.90 Å². The highest BCUT2D eigenvalue weighted by Crippen LogP contribution is 2.13. The summed E-state index contributed by atoms with van der Waals surface area (Å²) in [6.07, 6.45) is 1.65. The predicted molar refractivity (Wildman–Crippen MR) is 78.6 cm³/mol. The fourth-order valence-electron chi connectivity index (χ4n) is 2.46. The minimum atomic E-state index is 0.348. The average molecular weight is 281 g/mol. The first-order valence-corrected chi connectivity index (χ1v) is 7.51. The molecule has 1 aromatic heterocycles. The SMILES string of the molecule is CC(C)NCC1COCCN1Cc1ncnn1C(C)C. The summed E-state index contributed by atoms with van der Waals surface area (Å²) >= 11 is 0. The van der Waals surface area contributed by atoms with E-state index in [2.05, 4.69) is 48.0 Å². The monoisotopic (exact) mass is 281 g/mol. The summed E-state index contributed by atoms with van der Waals surface area (Å²) in [5.41, 5.74) is 0. The topological polar surface area (TPSA) is 55.2 Å². The van der Waals surface area contributed by atoms with Crippen LogP contribution in [0, 0.1) is 0 Å². The van der Waals surface area contributed by atoms with Crippen molar-refractivity contribution in [3.8, 4) is 0 Å². The van der Waals surface area contributed by atoms with E-state index in [9.17, 15) is 0 Å². The van der Waals surface area contributed by atoms with Crippen LogP contribution < -0.4 is 5.32 Å². The fourth-order valence-corrected chi connectivity index (χ4v) is 2.46. The van der Waals surface area contributed by atoms with Gasteiger partial charge in [0.1, 0.15) is 12.2 Å². The maximum Gasteiger partial charge on any atom is 0.141 e. The molecule has 0 aliphatic carbocycles. The summed E-state index contributed by atoms with van der Waals surface area (Å²) in [5, 5.41) is 7.81. The molecule has 0 spiro atoms. The second kappa shape index (κ2) is 7.15. The lowest BCUT2D eigenvalue weighted by atomic mass is 10.2. The molecule has 1 unspecified atom stereocenters. The summed E-state index contributed by atoms with van der Waals surface area (Å²) in [6.45, 7) is 12.9. The highest BCUT2D eigenvalue weighted by Gasteiger charge is 2.24. The second-order valence-corrected chi connectivity index (χ2v) is 5.98. The number of aromatic nitrogens is 3. The molecule has 1 aliphatic rings. The number of nitrogens with one attached hydrogen (secondary N) is 1. The Kier molecular flexibility index (Phi) is 5.51.